The quantitative estimate of drug-likeness (QED) is 0.0956. The fraction of sp³-hybridized carbons (Fsp3) is 0. The first kappa shape index (κ1) is 54.3. The highest BCUT2D eigenvalue weighted by Gasteiger charge is 2.33. The summed E-state index contributed by atoms with van der Waals surface area (Å²) in [5.41, 5.74) is 45.9. The van der Waals surface area contributed by atoms with E-state index in [9.17, 15) is 0 Å². The molecule has 11 aromatic rings. The van der Waals surface area contributed by atoms with Gasteiger partial charge in [-0.05, 0) is 81.5 Å². The molecule has 0 unspecified atom stereocenters. The molecule has 0 saturated carbocycles. The number of hydrogen-bond donors (Lipinski definition) is 0. The number of benzene rings is 10. The Bertz CT molecular complexity index is 4690. The van der Waals surface area contributed by atoms with Gasteiger partial charge in [-0.1, -0.05) is 98.3 Å². The fourth-order valence-corrected chi connectivity index (χ4v) is 15.7. The fourth-order valence-electron chi connectivity index (χ4n) is 15.7. The van der Waals surface area contributed by atoms with Crippen LogP contribution < -0.4 is 153 Å². The van der Waals surface area contributed by atoms with E-state index in [0.29, 0.717) is 0 Å². The molecule has 0 N–H and O–H groups in total. The van der Waals surface area contributed by atoms with Crippen LogP contribution >= 0.6 is 0 Å². The zero-order valence-corrected chi connectivity index (χ0v) is 52.4. The summed E-state index contributed by atoms with van der Waals surface area (Å²) in [4.78, 5) is 0. The summed E-state index contributed by atoms with van der Waals surface area (Å²) >= 11 is 0. The molecule has 0 bridgehead atoms. The lowest BCUT2D eigenvalue weighted by Gasteiger charge is -2.32. The third-order valence-electron chi connectivity index (χ3n) is 22.5. The average Bonchev–Trinajstić information content (AvgIpc) is 3.89. The molecule has 0 amide bonds. The number of furan rings is 1. The summed E-state index contributed by atoms with van der Waals surface area (Å²) in [6.07, 6.45) is 0. The second-order valence-electron chi connectivity index (χ2n) is 25.0. The summed E-state index contributed by atoms with van der Waals surface area (Å²) in [6.45, 7) is 0. The molecule has 77 heavy (non-hydrogen) atoms. The van der Waals surface area contributed by atoms with Gasteiger partial charge in [-0.2, -0.15) is 0 Å². The third-order valence-corrected chi connectivity index (χ3v) is 22.5. The Morgan fingerprint density at radius 3 is 0.688 bits per heavy atom. The minimum atomic E-state index is 1.02. The van der Waals surface area contributed by atoms with E-state index < -0.39 is 0 Å². The maximum absolute atomic E-state index is 7.60. The van der Waals surface area contributed by atoms with Crippen LogP contribution in [0.2, 0.25) is 0 Å². The van der Waals surface area contributed by atoms with E-state index in [0.717, 1.165) is 11.2 Å². The Labute approximate surface area is 482 Å². The maximum atomic E-state index is 7.60. The molecule has 0 spiro atoms. The SMILES string of the molecule is Bc1c(B)c(-c2c3c(B)c(B)c(B)c(B)c3c(-c3c(B)c4c(B)c(B)c5c(B)c(B)c(B)c(B)c5c4c4c(B)c(B)c(B)c(B)c34)c3c(B)c(B)c(B)c(B)c23)c2c(oc3c4c(B)c(B)c(B)c(B)c4c(B)c(B)c32)c1B. The van der Waals surface area contributed by atoms with E-state index in [2.05, 4.69) is 220 Å². The first-order valence-electron chi connectivity index (χ1n) is 28.7. The van der Waals surface area contributed by atoms with Crippen molar-refractivity contribution in [3.63, 3.8) is 0 Å². The first-order valence-corrected chi connectivity index (χ1v) is 28.7. The molecule has 1 aromatic heterocycles. The molecule has 1 heterocycles. The summed E-state index contributed by atoms with van der Waals surface area (Å²) in [7, 11) is 66.8. The van der Waals surface area contributed by atoms with Crippen molar-refractivity contribution < 1.29 is 4.42 Å². The highest BCUT2D eigenvalue weighted by atomic mass is 16.3. The zero-order chi connectivity index (χ0) is 56.4. The molecule has 1 nitrogen and oxygen atoms in total. The maximum Gasteiger partial charge on any atom is 0.143 e. The lowest BCUT2D eigenvalue weighted by Crippen LogP contribution is -2.51. The van der Waals surface area contributed by atoms with Gasteiger partial charge in [0.05, 0.1) is 0 Å². The molecule has 338 valence electrons. The van der Waals surface area contributed by atoms with Crippen LogP contribution in [-0.4, -0.2) is 220 Å². The Hall–Kier alpha value is -4.62. The number of hydrogen-bond acceptors (Lipinski definition) is 1. The molecule has 0 saturated heterocycles. The van der Waals surface area contributed by atoms with Crippen molar-refractivity contribution in [2.75, 3.05) is 0 Å². The standard InChI is InChI=1S/C48H56B28O/c49-19-4(12-9(24(54)39(69)41(71)27(12)57)3-11-15(29(59)28(58)14(3)19)31(61)42(72)40(70)26(11)56)1-5-7(22(52)37(67)35(65)20(5)50)2(8-6(1)21(51)36(66)38(68)23(8)53)10-13-17-33(63)30(60)16-18(34(64)44(74)43(73)32(16)62)47(17)77-48(13)46(76)45(75)25(10)55/h49-76H2. The van der Waals surface area contributed by atoms with Crippen LogP contribution in [0.4, 0.5) is 0 Å². The van der Waals surface area contributed by atoms with Gasteiger partial charge in [-0.3, -0.25) is 0 Å². The molecule has 10 aromatic carbocycles. The van der Waals surface area contributed by atoms with Gasteiger partial charge < -0.3 is 4.42 Å². The van der Waals surface area contributed by atoms with Gasteiger partial charge in [0.15, 0.2) is 0 Å². The molecule has 0 aliphatic heterocycles. The van der Waals surface area contributed by atoms with Gasteiger partial charge in [0.1, 0.15) is 231 Å². The molecule has 0 aliphatic rings. The third kappa shape index (κ3) is 6.65. The van der Waals surface area contributed by atoms with Crippen LogP contribution in [0.25, 0.3) is 109 Å². The van der Waals surface area contributed by atoms with E-state index in [1.165, 1.54) is 251 Å². The van der Waals surface area contributed by atoms with E-state index in [4.69, 9.17) is 4.42 Å². The van der Waals surface area contributed by atoms with Gasteiger partial charge in [0, 0.05) is 16.2 Å². The molecular weight excluding hydrogens is 895 g/mol. The van der Waals surface area contributed by atoms with Crippen molar-refractivity contribution in [3.05, 3.63) is 0 Å². The average molecular weight is 952 g/mol. The van der Waals surface area contributed by atoms with Crippen molar-refractivity contribution in [3.8, 4) is 22.3 Å². The topological polar surface area (TPSA) is 13.1 Å². The van der Waals surface area contributed by atoms with Crippen molar-refractivity contribution in [2.45, 2.75) is 0 Å². The monoisotopic (exact) mass is 957 g/mol. The zero-order valence-electron chi connectivity index (χ0n) is 52.4. The van der Waals surface area contributed by atoms with Gasteiger partial charge in [-0.15, -0.1) is 54.6 Å². The Morgan fingerprint density at radius 2 is 0.325 bits per heavy atom. The minimum Gasteiger partial charge on any atom is -0.456 e. The molecule has 0 aliphatic carbocycles. The van der Waals surface area contributed by atoms with E-state index >= 15 is 0 Å². The summed E-state index contributed by atoms with van der Waals surface area (Å²) in [5, 5.41) is 19.2. The minimum absolute atomic E-state index is 1.02. The van der Waals surface area contributed by atoms with E-state index in [-0.39, 0.29) is 0 Å². The van der Waals surface area contributed by atoms with Gasteiger partial charge >= 0.3 is 0 Å². The predicted molar refractivity (Wildman–Crippen MR) is 439 cm³/mol. The number of rotatable bonds is 2. The van der Waals surface area contributed by atoms with Crippen LogP contribution in [-0.2, 0) is 0 Å². The summed E-state index contributed by atoms with van der Waals surface area (Å²) in [5.74, 6) is 0. The van der Waals surface area contributed by atoms with Crippen LogP contribution in [0, 0.1) is 0 Å². The van der Waals surface area contributed by atoms with Crippen molar-refractivity contribution in [1.82, 2.24) is 0 Å². The lowest BCUT2D eigenvalue weighted by molar-refractivity contribution is 0.676. The highest BCUT2D eigenvalue weighted by Crippen LogP contribution is 2.45. The molecular formula is C48H56B28O. The van der Waals surface area contributed by atoms with Crippen LogP contribution in [0.15, 0.2) is 4.42 Å². The molecule has 29 heteroatoms. The Balaban J connectivity index is 1.53. The normalized spacial score (nSPS) is 12.1. The van der Waals surface area contributed by atoms with Crippen LogP contribution in [0.3, 0.4) is 0 Å². The van der Waals surface area contributed by atoms with Crippen molar-refractivity contribution >= 4 is 459 Å². The molecule has 0 atom stereocenters. The number of fused-ring (bicyclic) bond motifs is 12. The van der Waals surface area contributed by atoms with Gasteiger partial charge in [0.25, 0.3) is 0 Å². The highest BCUT2D eigenvalue weighted by molar-refractivity contribution is 6.79. The second-order valence-corrected chi connectivity index (χ2v) is 25.0. The van der Waals surface area contributed by atoms with Crippen LogP contribution in [0.5, 0.6) is 0 Å². The Morgan fingerprint density at radius 1 is 0.117 bits per heavy atom. The lowest BCUT2D eigenvalue weighted by atomic mass is 9.56. The van der Waals surface area contributed by atoms with Crippen molar-refractivity contribution in [2.24, 2.45) is 0 Å². The first-order chi connectivity index (χ1) is 36.0. The largest absolute Gasteiger partial charge is 0.456 e. The van der Waals surface area contributed by atoms with E-state index in [1.807, 2.05) is 0 Å². The summed E-state index contributed by atoms with van der Waals surface area (Å²) in [6, 6.07) is 0. The molecule has 0 radical (unpaired) electrons. The second kappa shape index (κ2) is 17.9. The van der Waals surface area contributed by atoms with Gasteiger partial charge in [-0.25, -0.2) is 0 Å². The van der Waals surface area contributed by atoms with Crippen LogP contribution in [0.1, 0.15) is 0 Å². The van der Waals surface area contributed by atoms with Crippen molar-refractivity contribution in [1.29, 1.82) is 0 Å². The molecule has 0 fully saturated rings. The molecule has 11 rings (SSSR count). The van der Waals surface area contributed by atoms with Gasteiger partial charge in [0.2, 0.25) is 0 Å². The Kier molecular flexibility index (Phi) is 12.7. The smallest absolute Gasteiger partial charge is 0.143 e. The summed E-state index contributed by atoms with van der Waals surface area (Å²) < 4.78 is 7.60. The predicted octanol–water partition coefficient (Wildman–Crippen LogP) is -34.9. The van der Waals surface area contributed by atoms with E-state index in [1.54, 1.807) is 0 Å².